The molecule has 1 unspecified atom stereocenters. The monoisotopic (exact) mass is 457 g/mol. The Morgan fingerprint density at radius 3 is 2.41 bits per heavy atom. The second kappa shape index (κ2) is 8.08. The number of pyridine rings is 1. The summed E-state index contributed by atoms with van der Waals surface area (Å²) in [6, 6.07) is 18.2. The molecular weight excluding hydrogens is 439 g/mol. The zero-order valence-corrected chi connectivity index (χ0v) is 17.4. The number of rotatable bonds is 5. The van der Waals surface area contributed by atoms with Crippen molar-refractivity contribution in [3.05, 3.63) is 84.6 Å². The molecule has 1 atom stereocenters. The molecule has 0 bridgehead atoms. The molecular formula is C23H18F3N3O2S. The number of aromatic nitrogens is 1. The van der Waals surface area contributed by atoms with Gasteiger partial charge >= 0.3 is 6.18 Å². The van der Waals surface area contributed by atoms with Gasteiger partial charge in [-0.05, 0) is 54.4 Å². The second-order valence-electron chi connectivity index (χ2n) is 7.07. The van der Waals surface area contributed by atoms with E-state index in [2.05, 4.69) is 20.9 Å². The molecule has 0 fully saturated rings. The van der Waals surface area contributed by atoms with E-state index in [0.29, 0.717) is 33.2 Å². The van der Waals surface area contributed by atoms with Crippen molar-refractivity contribution in [1.29, 1.82) is 0 Å². The zero-order valence-electron chi connectivity index (χ0n) is 16.6. The van der Waals surface area contributed by atoms with Crippen LogP contribution in [0.5, 0.6) is 5.75 Å². The van der Waals surface area contributed by atoms with Gasteiger partial charge in [0.2, 0.25) is 0 Å². The Labute approximate surface area is 182 Å². The van der Waals surface area contributed by atoms with E-state index >= 15 is 0 Å². The van der Waals surface area contributed by atoms with Crippen molar-refractivity contribution < 1.29 is 22.5 Å². The summed E-state index contributed by atoms with van der Waals surface area (Å²) in [5.41, 5.74) is 0.637. The molecule has 3 N–H and O–H groups in total. The van der Waals surface area contributed by atoms with Crippen LogP contribution in [0, 0.1) is 0 Å². The van der Waals surface area contributed by atoms with Gasteiger partial charge in [0.1, 0.15) is 5.75 Å². The summed E-state index contributed by atoms with van der Waals surface area (Å²) in [5.74, 6) is 3.29. The SMILES string of the molecule is C=S(=O)(Nc1ccc2nccc(Nc3cc(O)cc(C(F)(F)F)c3)c2c1)c1ccccc1. The van der Waals surface area contributed by atoms with Crippen molar-refractivity contribution >= 4 is 43.5 Å². The van der Waals surface area contributed by atoms with Gasteiger partial charge in [-0.15, -0.1) is 0 Å². The van der Waals surface area contributed by atoms with E-state index in [0.717, 1.165) is 6.07 Å². The first-order chi connectivity index (χ1) is 15.1. The molecule has 4 rings (SSSR count). The van der Waals surface area contributed by atoms with E-state index in [9.17, 15) is 22.5 Å². The maximum absolute atomic E-state index is 13.1. The van der Waals surface area contributed by atoms with Crippen LogP contribution in [-0.4, -0.2) is 20.2 Å². The van der Waals surface area contributed by atoms with Crippen molar-refractivity contribution in [2.24, 2.45) is 0 Å². The molecule has 0 saturated heterocycles. The van der Waals surface area contributed by atoms with Gasteiger partial charge in [-0.2, -0.15) is 13.2 Å². The molecule has 164 valence electrons. The number of fused-ring (bicyclic) bond motifs is 1. The number of nitrogens with zero attached hydrogens (tertiary/aromatic N) is 1. The number of aromatic hydroxyl groups is 1. The summed E-state index contributed by atoms with van der Waals surface area (Å²) in [6.45, 7) is 0. The highest BCUT2D eigenvalue weighted by Crippen LogP contribution is 2.35. The summed E-state index contributed by atoms with van der Waals surface area (Å²) in [7, 11) is -2.83. The van der Waals surface area contributed by atoms with Gasteiger partial charge in [0, 0.05) is 39.6 Å². The Bertz CT molecular complexity index is 1390. The van der Waals surface area contributed by atoms with E-state index < -0.39 is 27.2 Å². The van der Waals surface area contributed by atoms with Crippen molar-refractivity contribution in [3.8, 4) is 5.75 Å². The second-order valence-corrected chi connectivity index (χ2v) is 9.10. The van der Waals surface area contributed by atoms with Crippen LogP contribution in [0.25, 0.3) is 10.9 Å². The van der Waals surface area contributed by atoms with Crippen LogP contribution in [0.3, 0.4) is 0 Å². The van der Waals surface area contributed by atoms with Crippen molar-refractivity contribution in [2.75, 3.05) is 10.0 Å². The number of benzene rings is 3. The third kappa shape index (κ3) is 4.62. The molecule has 0 spiro atoms. The lowest BCUT2D eigenvalue weighted by Crippen LogP contribution is -2.12. The van der Waals surface area contributed by atoms with Crippen LogP contribution < -0.4 is 10.0 Å². The molecule has 0 saturated carbocycles. The molecule has 0 aliphatic heterocycles. The first-order valence-corrected chi connectivity index (χ1v) is 11.1. The lowest BCUT2D eigenvalue weighted by atomic mass is 10.1. The van der Waals surface area contributed by atoms with Crippen molar-refractivity contribution in [3.63, 3.8) is 0 Å². The topological polar surface area (TPSA) is 74.2 Å². The Morgan fingerprint density at radius 1 is 0.938 bits per heavy atom. The number of halogens is 3. The zero-order chi connectivity index (χ0) is 22.9. The summed E-state index contributed by atoms with van der Waals surface area (Å²) >= 11 is 0. The maximum Gasteiger partial charge on any atom is 0.416 e. The van der Waals surface area contributed by atoms with Crippen LogP contribution in [0.4, 0.5) is 30.2 Å². The molecule has 32 heavy (non-hydrogen) atoms. The molecule has 1 heterocycles. The number of alkyl halides is 3. The number of anilines is 3. The van der Waals surface area contributed by atoms with Gasteiger partial charge in [-0.25, -0.2) is 4.21 Å². The van der Waals surface area contributed by atoms with Gasteiger partial charge in [-0.3, -0.25) is 4.98 Å². The average molecular weight is 457 g/mol. The van der Waals surface area contributed by atoms with Gasteiger partial charge in [-0.1, -0.05) is 18.2 Å². The van der Waals surface area contributed by atoms with Crippen LogP contribution in [0.15, 0.2) is 83.9 Å². The highest BCUT2D eigenvalue weighted by atomic mass is 32.2. The largest absolute Gasteiger partial charge is 0.508 e. The molecule has 9 heteroatoms. The number of hydrogen-bond acceptors (Lipinski definition) is 4. The van der Waals surface area contributed by atoms with E-state index in [1.165, 1.54) is 12.3 Å². The molecule has 0 amide bonds. The minimum Gasteiger partial charge on any atom is -0.508 e. The van der Waals surface area contributed by atoms with Crippen LogP contribution >= 0.6 is 0 Å². The number of phenols is 1. The molecule has 4 aromatic rings. The predicted molar refractivity (Wildman–Crippen MR) is 122 cm³/mol. The van der Waals surface area contributed by atoms with E-state index in [1.807, 2.05) is 6.07 Å². The van der Waals surface area contributed by atoms with E-state index in [-0.39, 0.29) is 5.69 Å². The summed E-state index contributed by atoms with van der Waals surface area (Å²) in [4.78, 5) is 4.80. The van der Waals surface area contributed by atoms with Gasteiger partial charge in [0.05, 0.1) is 20.8 Å². The number of nitrogens with one attached hydrogen (secondary N) is 2. The fourth-order valence-electron chi connectivity index (χ4n) is 3.21. The molecule has 1 aromatic heterocycles. The third-order valence-electron chi connectivity index (χ3n) is 4.67. The highest BCUT2D eigenvalue weighted by Gasteiger charge is 2.31. The molecule has 5 nitrogen and oxygen atoms in total. The lowest BCUT2D eigenvalue weighted by molar-refractivity contribution is -0.137. The van der Waals surface area contributed by atoms with Crippen LogP contribution in [-0.2, 0) is 15.9 Å². The smallest absolute Gasteiger partial charge is 0.416 e. The Kier molecular flexibility index (Phi) is 5.43. The van der Waals surface area contributed by atoms with Gasteiger partial charge < -0.3 is 15.1 Å². The summed E-state index contributed by atoms with van der Waals surface area (Å²) in [5, 5.41) is 13.2. The molecule has 0 radical (unpaired) electrons. The van der Waals surface area contributed by atoms with E-state index in [4.69, 9.17) is 0 Å². The van der Waals surface area contributed by atoms with Gasteiger partial charge in [0.25, 0.3) is 0 Å². The first kappa shape index (κ1) is 21.5. The Balaban J connectivity index is 1.71. The maximum atomic E-state index is 13.1. The molecule has 0 aliphatic carbocycles. The quantitative estimate of drug-likeness (QED) is 0.331. The number of phenolic OH excluding ortho intramolecular Hbond substituents is 1. The number of hydrogen-bond donors (Lipinski definition) is 3. The van der Waals surface area contributed by atoms with Gasteiger partial charge in [0.15, 0.2) is 0 Å². The van der Waals surface area contributed by atoms with Crippen molar-refractivity contribution in [1.82, 2.24) is 4.98 Å². The van der Waals surface area contributed by atoms with Crippen LogP contribution in [0.1, 0.15) is 5.56 Å². The minimum absolute atomic E-state index is 0.0634. The normalized spacial score (nSPS) is 13.5. The third-order valence-corrected chi connectivity index (χ3v) is 6.27. The standard InChI is InChI=1S/C23H18F3N3O2S/c1-32(31,19-5-3-2-4-6-19)29-16-7-8-21-20(14-16)22(9-10-27-21)28-17-11-15(23(24,25)26)12-18(30)13-17/h2-14,30H,1H2,(H,27,28)(H,29,31). The Hall–Kier alpha value is -3.72. The predicted octanol–water partition coefficient (Wildman–Crippen LogP) is 5.81. The van der Waals surface area contributed by atoms with E-state index in [1.54, 1.807) is 48.5 Å². The average Bonchev–Trinajstić information content (AvgIpc) is 2.73. The minimum atomic E-state index is -4.60. The summed E-state index contributed by atoms with van der Waals surface area (Å²) in [6.07, 6.45) is -3.09. The van der Waals surface area contributed by atoms with Crippen molar-refractivity contribution in [2.45, 2.75) is 11.1 Å². The fraction of sp³-hybridized carbons (Fsp3) is 0.0435. The first-order valence-electron chi connectivity index (χ1n) is 9.39. The molecule has 3 aromatic carbocycles. The molecule has 0 aliphatic rings. The Morgan fingerprint density at radius 2 is 1.69 bits per heavy atom. The van der Waals surface area contributed by atoms with Crippen LogP contribution in [0.2, 0.25) is 0 Å². The lowest BCUT2D eigenvalue weighted by Gasteiger charge is -2.15. The summed E-state index contributed by atoms with van der Waals surface area (Å²) < 4.78 is 55.3. The fourth-order valence-corrected chi connectivity index (χ4v) is 4.43. The highest BCUT2D eigenvalue weighted by molar-refractivity contribution is 8.01.